The summed E-state index contributed by atoms with van der Waals surface area (Å²) in [5, 5.41) is 0. The summed E-state index contributed by atoms with van der Waals surface area (Å²) in [6.45, 7) is 8.94. The molecule has 13 heavy (non-hydrogen) atoms. The minimum absolute atomic E-state index is 0.899. The maximum Gasteiger partial charge on any atom is -0.0166 e. The number of allylic oxidation sites excluding steroid dienone is 4. The van der Waals surface area contributed by atoms with Crippen molar-refractivity contribution in [3.8, 4) is 0 Å². The SMILES string of the molecule is [CH]=CCC=CCCCCCCC=C. The van der Waals surface area contributed by atoms with Gasteiger partial charge in [-0.2, -0.15) is 0 Å². The fourth-order valence-corrected chi connectivity index (χ4v) is 1.20. The molecule has 0 saturated carbocycles. The lowest BCUT2D eigenvalue weighted by Gasteiger charge is -1.96. The van der Waals surface area contributed by atoms with Crippen molar-refractivity contribution in [1.29, 1.82) is 0 Å². The molecule has 0 unspecified atom stereocenters. The molecule has 0 aliphatic carbocycles. The number of hydrogen-bond donors (Lipinski definition) is 0. The Bertz CT molecular complexity index is 142. The predicted octanol–water partition coefficient (Wildman–Crippen LogP) is 4.45. The zero-order valence-electron chi connectivity index (χ0n) is 8.54. The normalized spacial score (nSPS) is 10.5. The van der Waals surface area contributed by atoms with Gasteiger partial charge < -0.3 is 0 Å². The zero-order chi connectivity index (χ0) is 9.78. The second-order valence-corrected chi connectivity index (χ2v) is 3.22. The van der Waals surface area contributed by atoms with Crippen molar-refractivity contribution >= 4 is 0 Å². The Balaban J connectivity index is 2.98. The fraction of sp³-hybridized carbons (Fsp3) is 0.538. The van der Waals surface area contributed by atoms with Gasteiger partial charge in [-0.25, -0.2) is 0 Å². The monoisotopic (exact) mass is 177 g/mol. The standard InChI is InChI=1S/C13H21/c1-3-5-7-9-11-13-12-10-8-6-4-2/h1,3-4,7,9H,2,5-6,8,10-13H2. The molecule has 0 N–H and O–H groups in total. The molecular formula is C13H21. The van der Waals surface area contributed by atoms with Gasteiger partial charge in [0.15, 0.2) is 0 Å². The third kappa shape index (κ3) is 11.2. The first kappa shape index (κ1) is 12.2. The highest BCUT2D eigenvalue weighted by atomic mass is 13.9. The summed E-state index contributed by atoms with van der Waals surface area (Å²) in [4.78, 5) is 0. The summed E-state index contributed by atoms with van der Waals surface area (Å²) < 4.78 is 0. The van der Waals surface area contributed by atoms with Crippen LogP contribution < -0.4 is 0 Å². The minimum Gasteiger partial charge on any atom is -0.103 e. The topological polar surface area (TPSA) is 0 Å². The lowest BCUT2D eigenvalue weighted by atomic mass is 10.1. The van der Waals surface area contributed by atoms with E-state index in [-0.39, 0.29) is 0 Å². The van der Waals surface area contributed by atoms with Crippen LogP contribution >= 0.6 is 0 Å². The van der Waals surface area contributed by atoms with Crippen molar-refractivity contribution < 1.29 is 0 Å². The van der Waals surface area contributed by atoms with Crippen molar-refractivity contribution in [3.63, 3.8) is 0 Å². The smallest absolute Gasteiger partial charge is 0.0166 e. The molecule has 0 aliphatic heterocycles. The molecule has 0 fully saturated rings. The van der Waals surface area contributed by atoms with Crippen LogP contribution in [0.25, 0.3) is 0 Å². The first-order chi connectivity index (χ1) is 6.41. The molecule has 0 rings (SSSR count). The van der Waals surface area contributed by atoms with Crippen LogP contribution in [0.1, 0.15) is 44.9 Å². The van der Waals surface area contributed by atoms with Crippen molar-refractivity contribution in [2.24, 2.45) is 0 Å². The predicted molar refractivity (Wildman–Crippen MR) is 60.5 cm³/mol. The van der Waals surface area contributed by atoms with Gasteiger partial charge in [0.2, 0.25) is 0 Å². The van der Waals surface area contributed by atoms with Crippen LogP contribution in [-0.2, 0) is 0 Å². The first-order valence-corrected chi connectivity index (χ1v) is 5.21. The van der Waals surface area contributed by atoms with E-state index in [2.05, 4.69) is 18.7 Å². The largest absolute Gasteiger partial charge is 0.103 e. The summed E-state index contributed by atoms with van der Waals surface area (Å²) in [6, 6.07) is 0. The van der Waals surface area contributed by atoms with Crippen LogP contribution in [0.4, 0.5) is 0 Å². The van der Waals surface area contributed by atoms with Gasteiger partial charge in [0.1, 0.15) is 0 Å². The Morgan fingerprint density at radius 1 is 0.923 bits per heavy atom. The summed E-state index contributed by atoms with van der Waals surface area (Å²) in [7, 11) is 0. The van der Waals surface area contributed by atoms with E-state index in [1.165, 1.54) is 32.1 Å². The number of unbranched alkanes of at least 4 members (excludes halogenated alkanes) is 5. The molecule has 0 saturated heterocycles. The van der Waals surface area contributed by atoms with Crippen LogP contribution in [0.15, 0.2) is 30.9 Å². The molecule has 0 heteroatoms. The Labute approximate surface area is 83.0 Å². The van der Waals surface area contributed by atoms with Gasteiger partial charge >= 0.3 is 0 Å². The highest BCUT2D eigenvalue weighted by molar-refractivity contribution is 4.87. The van der Waals surface area contributed by atoms with Gasteiger partial charge in [-0.15, -0.1) is 6.58 Å². The van der Waals surface area contributed by atoms with Gasteiger partial charge in [0.05, 0.1) is 0 Å². The van der Waals surface area contributed by atoms with Crippen molar-refractivity contribution in [3.05, 3.63) is 37.5 Å². The van der Waals surface area contributed by atoms with Crippen LogP contribution in [-0.4, -0.2) is 0 Å². The lowest BCUT2D eigenvalue weighted by Crippen LogP contribution is -1.76. The molecule has 0 amide bonds. The van der Waals surface area contributed by atoms with E-state index in [0.29, 0.717) is 0 Å². The third-order valence-corrected chi connectivity index (χ3v) is 1.97. The van der Waals surface area contributed by atoms with E-state index in [9.17, 15) is 0 Å². The van der Waals surface area contributed by atoms with E-state index >= 15 is 0 Å². The quantitative estimate of drug-likeness (QED) is 0.360. The Hall–Kier alpha value is -0.780. The molecule has 73 valence electrons. The van der Waals surface area contributed by atoms with E-state index in [1.54, 1.807) is 6.08 Å². The minimum atomic E-state index is 0.899. The van der Waals surface area contributed by atoms with Gasteiger partial charge in [-0.1, -0.05) is 43.7 Å². The Morgan fingerprint density at radius 3 is 2.23 bits per heavy atom. The van der Waals surface area contributed by atoms with E-state index in [1.807, 2.05) is 6.08 Å². The first-order valence-electron chi connectivity index (χ1n) is 5.21. The molecule has 0 spiro atoms. The Kier molecular flexibility index (Phi) is 10.5. The molecule has 0 nitrogen and oxygen atoms in total. The third-order valence-electron chi connectivity index (χ3n) is 1.97. The number of rotatable bonds is 9. The average molecular weight is 177 g/mol. The second-order valence-electron chi connectivity index (χ2n) is 3.22. The van der Waals surface area contributed by atoms with Crippen molar-refractivity contribution in [2.45, 2.75) is 44.9 Å². The van der Waals surface area contributed by atoms with Crippen LogP contribution in [0.3, 0.4) is 0 Å². The maximum absolute atomic E-state index is 5.24. The van der Waals surface area contributed by atoms with Gasteiger partial charge in [0, 0.05) is 0 Å². The van der Waals surface area contributed by atoms with Crippen LogP contribution in [0.5, 0.6) is 0 Å². The van der Waals surface area contributed by atoms with Crippen molar-refractivity contribution in [2.75, 3.05) is 0 Å². The molecule has 0 heterocycles. The summed E-state index contributed by atoms with van der Waals surface area (Å²) in [5.41, 5.74) is 0. The molecule has 0 atom stereocenters. The molecule has 0 bridgehead atoms. The molecule has 1 radical (unpaired) electrons. The lowest BCUT2D eigenvalue weighted by molar-refractivity contribution is 0.652. The highest BCUT2D eigenvalue weighted by Gasteiger charge is 1.86. The molecule has 0 aromatic carbocycles. The molecule has 0 aromatic rings. The highest BCUT2D eigenvalue weighted by Crippen LogP contribution is 2.06. The van der Waals surface area contributed by atoms with Gasteiger partial charge in [-0.3, -0.25) is 0 Å². The van der Waals surface area contributed by atoms with E-state index in [0.717, 1.165) is 12.8 Å². The maximum atomic E-state index is 5.24. The van der Waals surface area contributed by atoms with Gasteiger partial charge in [0.25, 0.3) is 0 Å². The molecular weight excluding hydrogens is 156 g/mol. The van der Waals surface area contributed by atoms with Crippen LogP contribution in [0.2, 0.25) is 0 Å². The average Bonchev–Trinajstić information content (AvgIpc) is 2.16. The summed E-state index contributed by atoms with van der Waals surface area (Å²) in [6.07, 6.45) is 16.6. The summed E-state index contributed by atoms with van der Waals surface area (Å²) >= 11 is 0. The number of hydrogen-bond acceptors (Lipinski definition) is 0. The fourth-order valence-electron chi connectivity index (χ4n) is 1.20. The van der Waals surface area contributed by atoms with E-state index < -0.39 is 0 Å². The molecule has 0 aromatic heterocycles. The summed E-state index contributed by atoms with van der Waals surface area (Å²) in [5.74, 6) is 0. The van der Waals surface area contributed by atoms with Gasteiger partial charge in [-0.05, 0) is 32.1 Å². The Morgan fingerprint density at radius 2 is 1.62 bits per heavy atom. The second kappa shape index (κ2) is 11.2. The van der Waals surface area contributed by atoms with Crippen molar-refractivity contribution in [1.82, 2.24) is 0 Å². The zero-order valence-corrected chi connectivity index (χ0v) is 8.54. The molecule has 0 aliphatic rings. The van der Waals surface area contributed by atoms with E-state index in [4.69, 9.17) is 6.58 Å². The van der Waals surface area contributed by atoms with Crippen LogP contribution in [0, 0.1) is 6.58 Å².